The summed E-state index contributed by atoms with van der Waals surface area (Å²) < 4.78 is 0. The van der Waals surface area contributed by atoms with E-state index in [1.807, 2.05) is 30.3 Å². The van der Waals surface area contributed by atoms with Crippen molar-refractivity contribution in [1.82, 2.24) is 20.9 Å². The molecule has 13 nitrogen and oxygen atoms in total. The number of carboxylic acid groups (broad SMARTS) is 1. The van der Waals surface area contributed by atoms with Gasteiger partial charge in [0.25, 0.3) is 0 Å². The van der Waals surface area contributed by atoms with Gasteiger partial charge in [0.1, 0.15) is 18.1 Å². The monoisotopic (exact) mass is 578 g/mol. The minimum absolute atomic E-state index is 0.0324. The van der Waals surface area contributed by atoms with E-state index in [1.165, 1.54) is 6.92 Å². The molecule has 224 valence electrons. The number of fused-ring (bicyclic) bond motifs is 1. The second-order valence-electron chi connectivity index (χ2n) is 10.00. The van der Waals surface area contributed by atoms with Crippen molar-refractivity contribution in [3.05, 3.63) is 71.9 Å². The number of benzene rings is 2. The minimum atomic E-state index is -1.25. The van der Waals surface area contributed by atoms with E-state index in [9.17, 15) is 24.3 Å². The lowest BCUT2D eigenvalue weighted by molar-refractivity contribution is -0.142. The molecule has 0 aliphatic rings. The number of hydrogen-bond donors (Lipinski definition) is 8. The summed E-state index contributed by atoms with van der Waals surface area (Å²) in [6.45, 7) is 1.78. The van der Waals surface area contributed by atoms with Crippen LogP contribution < -0.4 is 33.2 Å². The van der Waals surface area contributed by atoms with Gasteiger partial charge in [-0.3, -0.25) is 19.4 Å². The Balaban J connectivity index is 1.67. The van der Waals surface area contributed by atoms with Crippen LogP contribution in [0.2, 0.25) is 0 Å². The molecule has 0 fully saturated rings. The number of rotatable bonds is 15. The molecule has 1 aromatic heterocycles. The summed E-state index contributed by atoms with van der Waals surface area (Å²) >= 11 is 0. The van der Waals surface area contributed by atoms with Crippen LogP contribution in [0.25, 0.3) is 10.9 Å². The predicted molar refractivity (Wildman–Crippen MR) is 159 cm³/mol. The molecular weight excluding hydrogens is 540 g/mol. The van der Waals surface area contributed by atoms with E-state index >= 15 is 0 Å². The normalized spacial score (nSPS) is 13.8. The van der Waals surface area contributed by atoms with Crippen molar-refractivity contribution in [2.45, 2.75) is 56.8 Å². The molecule has 42 heavy (non-hydrogen) atoms. The number of aliphatic imine (C=N–C) groups is 1. The van der Waals surface area contributed by atoms with Crippen molar-refractivity contribution >= 4 is 40.6 Å². The molecule has 0 radical (unpaired) electrons. The molecule has 3 amide bonds. The van der Waals surface area contributed by atoms with E-state index in [0.717, 1.165) is 22.0 Å². The zero-order chi connectivity index (χ0) is 30.6. The Hall–Kier alpha value is -4.91. The first-order valence-electron chi connectivity index (χ1n) is 13.6. The number of carbonyl (C=O) groups excluding carboxylic acids is 3. The first kappa shape index (κ1) is 31.6. The van der Waals surface area contributed by atoms with Crippen LogP contribution in [0.15, 0.2) is 65.8 Å². The smallest absolute Gasteiger partial charge is 0.326 e. The van der Waals surface area contributed by atoms with Gasteiger partial charge in [-0.25, -0.2) is 4.79 Å². The Labute approximate surface area is 243 Å². The van der Waals surface area contributed by atoms with E-state index in [0.29, 0.717) is 19.4 Å². The molecule has 13 heteroatoms. The van der Waals surface area contributed by atoms with Crippen LogP contribution in [0.3, 0.4) is 0 Å². The van der Waals surface area contributed by atoms with E-state index in [-0.39, 0.29) is 18.8 Å². The predicted octanol–water partition coefficient (Wildman–Crippen LogP) is -0.107. The standard InChI is InChI=1S/C29H38N8O5/c1-17(35-26(39)21(30)11-7-13-33-29(31)32)25(38)36-23(14-18-8-3-2-4-9-18)27(40)37-24(28(41)42)15-19-16-34-22-12-6-5-10-20(19)22/h2-6,8-10,12,16-17,21,23-24,34H,7,11,13-15,30H2,1H3,(H,35,39)(H,36,38)(H,37,40)(H,41,42)(H4,31,32,33). The molecule has 3 rings (SSSR count). The zero-order valence-electron chi connectivity index (χ0n) is 23.4. The minimum Gasteiger partial charge on any atom is -0.480 e. The number of aromatic nitrogens is 1. The zero-order valence-corrected chi connectivity index (χ0v) is 23.4. The van der Waals surface area contributed by atoms with E-state index in [4.69, 9.17) is 17.2 Å². The quantitative estimate of drug-likeness (QED) is 0.0687. The lowest BCUT2D eigenvalue weighted by Gasteiger charge is -2.24. The van der Waals surface area contributed by atoms with Gasteiger partial charge in [0, 0.05) is 36.5 Å². The summed E-state index contributed by atoms with van der Waals surface area (Å²) in [6.07, 6.45) is 2.61. The molecule has 2 aromatic carbocycles. The van der Waals surface area contributed by atoms with Crippen molar-refractivity contribution in [2.24, 2.45) is 22.2 Å². The van der Waals surface area contributed by atoms with Gasteiger partial charge in [-0.1, -0.05) is 48.5 Å². The summed E-state index contributed by atoms with van der Waals surface area (Å²) in [4.78, 5) is 58.0. The highest BCUT2D eigenvalue weighted by molar-refractivity contribution is 5.94. The molecule has 0 saturated heterocycles. The number of H-pyrrole nitrogens is 1. The highest BCUT2D eigenvalue weighted by Crippen LogP contribution is 2.19. The number of nitrogens with one attached hydrogen (secondary N) is 4. The Kier molecular flexibility index (Phi) is 11.4. The summed E-state index contributed by atoms with van der Waals surface area (Å²) in [5.74, 6) is -3.12. The molecule has 3 aromatic rings. The summed E-state index contributed by atoms with van der Waals surface area (Å²) in [6, 6.07) is 12.2. The maximum Gasteiger partial charge on any atom is 0.326 e. The molecule has 0 aliphatic carbocycles. The van der Waals surface area contributed by atoms with Gasteiger partial charge in [0.05, 0.1) is 6.04 Å². The second kappa shape index (κ2) is 15.2. The Morgan fingerprint density at radius 1 is 0.881 bits per heavy atom. The van der Waals surface area contributed by atoms with Crippen molar-refractivity contribution in [1.29, 1.82) is 0 Å². The molecule has 0 spiro atoms. The van der Waals surface area contributed by atoms with Gasteiger partial charge in [-0.15, -0.1) is 0 Å². The third-order valence-electron chi connectivity index (χ3n) is 6.69. The number of aliphatic carboxylic acids is 1. The van der Waals surface area contributed by atoms with Gasteiger partial charge < -0.3 is 43.2 Å². The molecule has 0 aliphatic heterocycles. The number of carboxylic acids is 1. The molecule has 0 saturated carbocycles. The number of amides is 3. The van der Waals surface area contributed by atoms with Crippen LogP contribution in [0.1, 0.15) is 30.9 Å². The fraction of sp³-hybridized carbons (Fsp3) is 0.345. The Bertz CT molecular complexity index is 1400. The number of nitrogens with zero attached hydrogens (tertiary/aromatic N) is 1. The van der Waals surface area contributed by atoms with E-state index < -0.39 is 47.9 Å². The van der Waals surface area contributed by atoms with Crippen LogP contribution in [0, 0.1) is 0 Å². The van der Waals surface area contributed by atoms with Crippen LogP contribution >= 0.6 is 0 Å². The fourth-order valence-electron chi connectivity index (χ4n) is 4.39. The number of hydrogen-bond acceptors (Lipinski definition) is 6. The molecular formula is C29H38N8O5. The van der Waals surface area contributed by atoms with Gasteiger partial charge in [0.15, 0.2) is 5.96 Å². The lowest BCUT2D eigenvalue weighted by Crippen LogP contribution is -2.57. The number of para-hydroxylation sites is 1. The number of aromatic amines is 1. The molecule has 11 N–H and O–H groups in total. The van der Waals surface area contributed by atoms with Crippen LogP contribution in [-0.4, -0.2) is 70.5 Å². The topological polar surface area (TPSA) is 231 Å². The first-order valence-corrected chi connectivity index (χ1v) is 13.6. The Morgan fingerprint density at radius 3 is 2.24 bits per heavy atom. The number of nitrogens with two attached hydrogens (primary N) is 3. The van der Waals surface area contributed by atoms with Crippen LogP contribution in [-0.2, 0) is 32.0 Å². The molecule has 1 heterocycles. The highest BCUT2D eigenvalue weighted by Gasteiger charge is 2.29. The van der Waals surface area contributed by atoms with E-state index in [2.05, 4.69) is 25.9 Å². The van der Waals surface area contributed by atoms with Crippen molar-refractivity contribution in [3.8, 4) is 0 Å². The summed E-state index contributed by atoms with van der Waals surface area (Å²) in [7, 11) is 0. The van der Waals surface area contributed by atoms with Gasteiger partial charge in [-0.2, -0.15) is 0 Å². The van der Waals surface area contributed by atoms with Gasteiger partial charge >= 0.3 is 5.97 Å². The largest absolute Gasteiger partial charge is 0.480 e. The van der Waals surface area contributed by atoms with Crippen molar-refractivity contribution in [3.63, 3.8) is 0 Å². The molecule has 4 atom stereocenters. The van der Waals surface area contributed by atoms with Gasteiger partial charge in [0.2, 0.25) is 17.7 Å². The van der Waals surface area contributed by atoms with Gasteiger partial charge in [-0.05, 0) is 37.0 Å². The SMILES string of the molecule is CC(NC(=O)C(N)CCCN=C(N)N)C(=O)NC(Cc1ccccc1)C(=O)NC(Cc1c[nH]c2ccccc12)C(=O)O. The third kappa shape index (κ3) is 9.34. The molecule has 0 bridgehead atoms. The average Bonchev–Trinajstić information content (AvgIpc) is 3.37. The first-order chi connectivity index (χ1) is 20.0. The number of guanidine groups is 1. The van der Waals surface area contributed by atoms with E-state index in [1.54, 1.807) is 30.5 Å². The van der Waals surface area contributed by atoms with Crippen molar-refractivity contribution in [2.75, 3.05) is 6.54 Å². The third-order valence-corrected chi connectivity index (χ3v) is 6.69. The number of carbonyl (C=O) groups is 4. The second-order valence-corrected chi connectivity index (χ2v) is 10.00. The van der Waals surface area contributed by atoms with Crippen LogP contribution in [0.5, 0.6) is 0 Å². The fourth-order valence-corrected chi connectivity index (χ4v) is 4.39. The maximum absolute atomic E-state index is 13.4. The summed E-state index contributed by atoms with van der Waals surface area (Å²) in [5, 5.41) is 18.5. The van der Waals surface area contributed by atoms with Crippen LogP contribution in [0.4, 0.5) is 0 Å². The molecule has 4 unspecified atom stereocenters. The van der Waals surface area contributed by atoms with Crippen molar-refractivity contribution < 1.29 is 24.3 Å². The maximum atomic E-state index is 13.4. The summed E-state index contributed by atoms with van der Waals surface area (Å²) in [5.41, 5.74) is 18.8. The average molecular weight is 579 g/mol. The lowest BCUT2D eigenvalue weighted by atomic mass is 10.0. The highest BCUT2D eigenvalue weighted by atomic mass is 16.4. The Morgan fingerprint density at radius 2 is 1.55 bits per heavy atom.